The molecule has 11 rings (SSSR count). The number of nitrogens with zero attached hydrogens (tertiary/aromatic N) is 3. The second-order valence-electron chi connectivity index (χ2n) is 13.4. The van der Waals surface area contributed by atoms with Gasteiger partial charge in [0, 0.05) is 32.8 Å². The Morgan fingerprint density at radius 2 is 1.06 bits per heavy atom. The minimum Gasteiger partial charge on any atom is -0.455 e. The molecule has 0 aliphatic carbocycles. The quantitative estimate of drug-likeness (QED) is 0.177. The monoisotopic (exact) mass is 661 g/mol. The van der Waals surface area contributed by atoms with Crippen LogP contribution in [0.3, 0.4) is 0 Å². The first-order valence-electron chi connectivity index (χ1n) is 17.4. The van der Waals surface area contributed by atoms with E-state index in [-0.39, 0.29) is 0 Å². The summed E-state index contributed by atoms with van der Waals surface area (Å²) in [6.45, 7) is 0. The van der Waals surface area contributed by atoms with Gasteiger partial charge < -0.3 is 8.98 Å². The molecule has 4 heteroatoms. The van der Waals surface area contributed by atoms with Crippen molar-refractivity contribution in [3.8, 4) is 45.5 Å². The van der Waals surface area contributed by atoms with Crippen molar-refractivity contribution in [2.45, 2.75) is 0 Å². The van der Waals surface area contributed by atoms with Crippen LogP contribution in [0.2, 0.25) is 0 Å². The maximum absolute atomic E-state index is 9.88. The SMILES string of the molecule is N#Cc1ccc2c(c1)c1cc(-c3c4ccccc4c(-c4oc5ccccc5c5nc6ccccc6c4-5)c4ccccc34)ccc1n2-c1ccccc1. The van der Waals surface area contributed by atoms with Crippen LogP contribution in [0.4, 0.5) is 0 Å². The molecule has 2 aliphatic heterocycles. The minimum atomic E-state index is 0.644. The zero-order valence-corrected chi connectivity index (χ0v) is 27.8. The molecule has 9 aromatic rings. The van der Waals surface area contributed by atoms with E-state index in [9.17, 15) is 5.26 Å². The summed E-state index contributed by atoms with van der Waals surface area (Å²) in [5.41, 5.74) is 11.0. The molecular weight excluding hydrogens is 635 g/mol. The molecule has 0 bridgehead atoms. The first-order valence-corrected chi connectivity index (χ1v) is 17.4. The van der Waals surface area contributed by atoms with Gasteiger partial charge in [0.15, 0.2) is 0 Å². The predicted octanol–water partition coefficient (Wildman–Crippen LogP) is 12.7. The van der Waals surface area contributed by atoms with E-state index >= 15 is 0 Å². The van der Waals surface area contributed by atoms with Crippen LogP contribution in [0.25, 0.3) is 105 Å². The minimum absolute atomic E-state index is 0.644. The summed E-state index contributed by atoms with van der Waals surface area (Å²) in [6, 6.07) is 59.5. The summed E-state index contributed by atoms with van der Waals surface area (Å²) in [4.78, 5) is 5.16. The molecule has 1 aromatic heterocycles. The van der Waals surface area contributed by atoms with Crippen molar-refractivity contribution >= 4 is 65.2 Å². The number of hydrogen-bond acceptors (Lipinski definition) is 3. The van der Waals surface area contributed by atoms with Gasteiger partial charge in [0.2, 0.25) is 0 Å². The lowest BCUT2D eigenvalue weighted by atomic mass is 9.85. The molecule has 0 saturated heterocycles. The van der Waals surface area contributed by atoms with E-state index in [1.165, 1.54) is 0 Å². The standard InChI is InChI=1S/C48H27N3O/c49-28-29-22-24-41-38(26-29)39-27-30(23-25-42(39)51(41)31-12-2-1-3-13-31)44-32-14-4-6-16-34(32)45(35-17-7-5-15-33(35)44)48-46-36-18-8-10-20-40(36)50-47(46)37-19-9-11-21-43(37)52-48/h1-27H. The molecule has 2 aliphatic rings. The molecule has 240 valence electrons. The fraction of sp³-hybridized carbons (Fsp3) is 0. The molecule has 0 spiro atoms. The van der Waals surface area contributed by atoms with Gasteiger partial charge in [-0.05, 0) is 93.3 Å². The number of aromatic nitrogens is 2. The smallest absolute Gasteiger partial charge is 0.146 e. The molecule has 3 heterocycles. The van der Waals surface area contributed by atoms with Crippen molar-refractivity contribution in [2.24, 2.45) is 0 Å². The first kappa shape index (κ1) is 28.6. The number of rotatable bonds is 3. The molecule has 0 N–H and O–H groups in total. The highest BCUT2D eigenvalue weighted by molar-refractivity contribution is 6.24. The third-order valence-corrected chi connectivity index (χ3v) is 10.6. The van der Waals surface area contributed by atoms with Crippen LogP contribution < -0.4 is 0 Å². The van der Waals surface area contributed by atoms with Gasteiger partial charge in [-0.25, -0.2) is 4.98 Å². The maximum Gasteiger partial charge on any atom is 0.146 e. The Hall–Kier alpha value is -7.22. The Kier molecular flexibility index (Phi) is 5.99. The van der Waals surface area contributed by atoms with Crippen molar-refractivity contribution in [1.29, 1.82) is 5.26 Å². The van der Waals surface area contributed by atoms with E-state index in [1.54, 1.807) is 0 Å². The molecule has 0 fully saturated rings. The zero-order chi connectivity index (χ0) is 34.3. The summed E-state index contributed by atoms with van der Waals surface area (Å²) >= 11 is 0. The molecule has 0 radical (unpaired) electrons. The van der Waals surface area contributed by atoms with Gasteiger partial charge >= 0.3 is 0 Å². The van der Waals surface area contributed by atoms with Gasteiger partial charge in [-0.15, -0.1) is 0 Å². The molecule has 8 aromatic carbocycles. The summed E-state index contributed by atoms with van der Waals surface area (Å²) in [5, 5.41) is 18.6. The van der Waals surface area contributed by atoms with Crippen molar-refractivity contribution in [3.05, 3.63) is 169 Å². The maximum atomic E-state index is 9.88. The lowest BCUT2D eigenvalue weighted by Gasteiger charge is -2.19. The Morgan fingerprint density at radius 3 is 1.77 bits per heavy atom. The second kappa shape index (κ2) is 10.9. The molecule has 52 heavy (non-hydrogen) atoms. The van der Waals surface area contributed by atoms with Crippen LogP contribution in [0.15, 0.2) is 168 Å². The van der Waals surface area contributed by atoms with E-state index in [1.807, 2.05) is 42.5 Å². The van der Waals surface area contributed by atoms with Crippen molar-refractivity contribution in [3.63, 3.8) is 0 Å². The Labute approximate surface area is 298 Å². The Bertz CT molecular complexity index is 3190. The fourth-order valence-electron chi connectivity index (χ4n) is 8.39. The molecule has 0 amide bonds. The van der Waals surface area contributed by atoms with Gasteiger partial charge in [-0.3, -0.25) is 0 Å². The number of nitriles is 1. The highest BCUT2D eigenvalue weighted by Gasteiger charge is 2.27. The van der Waals surface area contributed by atoms with Crippen LogP contribution >= 0.6 is 0 Å². The van der Waals surface area contributed by atoms with Gasteiger partial charge in [-0.1, -0.05) is 103 Å². The van der Waals surface area contributed by atoms with E-state index < -0.39 is 0 Å². The lowest BCUT2D eigenvalue weighted by Crippen LogP contribution is -1.94. The van der Waals surface area contributed by atoms with E-state index in [0.29, 0.717) is 5.56 Å². The number of para-hydroxylation sites is 3. The zero-order valence-electron chi connectivity index (χ0n) is 27.8. The molecule has 0 unspecified atom stereocenters. The number of benzene rings is 8. The van der Waals surface area contributed by atoms with Crippen molar-refractivity contribution < 1.29 is 4.42 Å². The Morgan fingerprint density at radius 1 is 0.481 bits per heavy atom. The average Bonchev–Trinajstić information content (AvgIpc) is 3.76. The van der Waals surface area contributed by atoms with E-state index in [0.717, 1.165) is 105 Å². The predicted molar refractivity (Wildman–Crippen MR) is 213 cm³/mol. The van der Waals surface area contributed by atoms with Crippen molar-refractivity contribution in [1.82, 2.24) is 9.55 Å². The second-order valence-corrected chi connectivity index (χ2v) is 13.4. The third-order valence-electron chi connectivity index (χ3n) is 10.6. The first-order chi connectivity index (χ1) is 25.8. The summed E-state index contributed by atoms with van der Waals surface area (Å²) in [6.07, 6.45) is 0. The van der Waals surface area contributed by atoms with E-state index in [4.69, 9.17) is 9.40 Å². The van der Waals surface area contributed by atoms with Crippen LogP contribution in [-0.2, 0) is 0 Å². The molecule has 0 saturated carbocycles. The van der Waals surface area contributed by atoms with Crippen molar-refractivity contribution in [2.75, 3.05) is 0 Å². The summed E-state index contributed by atoms with van der Waals surface area (Å²) in [7, 11) is 0. The molecule has 4 nitrogen and oxygen atoms in total. The Balaban J connectivity index is 1.26. The highest BCUT2D eigenvalue weighted by atomic mass is 16.3. The average molecular weight is 662 g/mol. The molecular formula is C48H27N3O. The molecule has 0 atom stereocenters. The van der Waals surface area contributed by atoms with Crippen LogP contribution in [0.1, 0.15) is 5.56 Å². The normalized spacial score (nSPS) is 11.8. The topological polar surface area (TPSA) is 54.8 Å². The van der Waals surface area contributed by atoms with E-state index in [2.05, 4.69) is 132 Å². The van der Waals surface area contributed by atoms with Crippen LogP contribution in [0.5, 0.6) is 0 Å². The summed E-state index contributed by atoms with van der Waals surface area (Å²) in [5.74, 6) is 0.826. The van der Waals surface area contributed by atoms with Gasteiger partial charge in [-0.2, -0.15) is 5.26 Å². The highest BCUT2D eigenvalue weighted by Crippen LogP contribution is 2.50. The third kappa shape index (κ3) is 3.99. The van der Waals surface area contributed by atoms with Gasteiger partial charge in [0.25, 0.3) is 0 Å². The fourth-order valence-corrected chi connectivity index (χ4v) is 8.39. The lowest BCUT2D eigenvalue weighted by molar-refractivity contribution is 0.623. The number of fused-ring (bicyclic) bond motifs is 10. The summed E-state index contributed by atoms with van der Waals surface area (Å²) < 4.78 is 9.28. The van der Waals surface area contributed by atoms with Gasteiger partial charge in [0.1, 0.15) is 11.3 Å². The largest absolute Gasteiger partial charge is 0.455 e. The number of hydrogen-bond donors (Lipinski definition) is 0. The van der Waals surface area contributed by atoms with Crippen LogP contribution in [-0.4, -0.2) is 9.55 Å². The van der Waals surface area contributed by atoms with Gasteiger partial charge in [0.05, 0.1) is 39.4 Å². The van der Waals surface area contributed by atoms with Crippen LogP contribution in [0, 0.1) is 11.3 Å².